The fourth-order valence-corrected chi connectivity index (χ4v) is 1.53. The molecule has 1 unspecified atom stereocenters. The Labute approximate surface area is 109 Å². The average Bonchev–Trinajstić information content (AvgIpc) is 2.37. The number of aliphatic hydroxyl groups is 1. The Hall–Kier alpha value is -1.18. The maximum Gasteiger partial charge on any atom is 0.416 e. The first-order valence-corrected chi connectivity index (χ1v) is 5.72. The maximum atomic E-state index is 12.7. The maximum absolute atomic E-state index is 12.7. The van der Waals surface area contributed by atoms with Crippen molar-refractivity contribution in [2.45, 2.75) is 18.7 Å². The van der Waals surface area contributed by atoms with E-state index in [4.69, 9.17) is 9.47 Å². The van der Waals surface area contributed by atoms with Crippen LogP contribution in [-0.4, -0.2) is 37.0 Å². The predicted octanol–water partition coefficient (Wildman–Crippen LogP) is 2.19. The van der Waals surface area contributed by atoms with Crippen molar-refractivity contribution >= 4 is 0 Å². The second kappa shape index (κ2) is 7.42. The van der Waals surface area contributed by atoms with Crippen molar-refractivity contribution < 1.29 is 27.8 Å². The second-order valence-corrected chi connectivity index (χ2v) is 3.87. The summed E-state index contributed by atoms with van der Waals surface area (Å²) in [5.41, 5.74) is -1.10. The van der Waals surface area contributed by atoms with Gasteiger partial charge in [0.05, 0.1) is 24.9 Å². The first kappa shape index (κ1) is 15.9. The third kappa shape index (κ3) is 5.14. The number of aliphatic hydroxyl groups excluding tert-OH is 1. The van der Waals surface area contributed by atoms with Crippen LogP contribution in [0.5, 0.6) is 0 Å². The molecule has 0 fully saturated rings. The number of halogens is 3. The van der Waals surface area contributed by atoms with Crippen molar-refractivity contribution in [3.8, 4) is 0 Å². The summed E-state index contributed by atoms with van der Waals surface area (Å²) >= 11 is 0. The summed E-state index contributed by atoms with van der Waals surface area (Å²) in [5.74, 6) is 0. The molecule has 0 amide bonds. The molecule has 0 saturated heterocycles. The lowest BCUT2D eigenvalue weighted by molar-refractivity contribution is -0.139. The fourth-order valence-electron chi connectivity index (χ4n) is 1.53. The lowest BCUT2D eigenvalue weighted by atomic mass is 10.0. The quantitative estimate of drug-likeness (QED) is 0.777. The summed E-state index contributed by atoms with van der Waals surface area (Å²) < 4.78 is 48.0. The number of hydrogen-bond acceptors (Lipinski definition) is 4. The minimum absolute atomic E-state index is 0.0679. The Morgan fingerprint density at radius 3 is 2.68 bits per heavy atom. The van der Waals surface area contributed by atoms with Gasteiger partial charge in [-0.3, -0.25) is 4.98 Å². The van der Waals surface area contributed by atoms with Gasteiger partial charge < -0.3 is 14.6 Å². The van der Waals surface area contributed by atoms with Crippen LogP contribution in [0.25, 0.3) is 0 Å². The van der Waals surface area contributed by atoms with E-state index in [1.807, 2.05) is 0 Å². The summed E-state index contributed by atoms with van der Waals surface area (Å²) in [7, 11) is 1.52. The number of aromatic nitrogens is 1. The first-order valence-electron chi connectivity index (χ1n) is 5.72. The van der Waals surface area contributed by atoms with Crippen LogP contribution in [0.4, 0.5) is 13.2 Å². The SMILES string of the molecule is COCCOCCC(O)c1cnccc1C(F)(F)F. The van der Waals surface area contributed by atoms with E-state index in [-0.39, 0.29) is 18.6 Å². The molecule has 0 aliphatic heterocycles. The Kier molecular flexibility index (Phi) is 6.20. The van der Waals surface area contributed by atoms with Crippen molar-refractivity contribution in [3.63, 3.8) is 0 Å². The third-order valence-corrected chi connectivity index (χ3v) is 2.48. The number of ether oxygens (including phenoxy) is 2. The van der Waals surface area contributed by atoms with Gasteiger partial charge in [0.2, 0.25) is 0 Å². The van der Waals surface area contributed by atoms with Gasteiger partial charge in [-0.2, -0.15) is 13.2 Å². The Morgan fingerprint density at radius 2 is 2.05 bits per heavy atom. The highest BCUT2D eigenvalue weighted by Crippen LogP contribution is 2.34. The van der Waals surface area contributed by atoms with Gasteiger partial charge in [-0.15, -0.1) is 0 Å². The summed E-state index contributed by atoms with van der Waals surface area (Å²) in [6.45, 7) is 0.885. The molecule has 4 nitrogen and oxygen atoms in total. The molecule has 1 aromatic rings. The molecule has 19 heavy (non-hydrogen) atoms. The molecule has 0 aliphatic rings. The molecule has 0 spiro atoms. The van der Waals surface area contributed by atoms with Crippen molar-refractivity contribution in [2.24, 2.45) is 0 Å². The van der Waals surface area contributed by atoms with E-state index in [9.17, 15) is 18.3 Å². The van der Waals surface area contributed by atoms with E-state index in [1.165, 1.54) is 7.11 Å². The van der Waals surface area contributed by atoms with Gasteiger partial charge in [0.15, 0.2) is 0 Å². The third-order valence-electron chi connectivity index (χ3n) is 2.48. The van der Waals surface area contributed by atoms with Crippen molar-refractivity contribution in [1.82, 2.24) is 4.98 Å². The zero-order chi connectivity index (χ0) is 14.3. The van der Waals surface area contributed by atoms with Gasteiger partial charge in [0.1, 0.15) is 0 Å². The highest BCUT2D eigenvalue weighted by molar-refractivity contribution is 5.28. The fraction of sp³-hybridized carbons (Fsp3) is 0.583. The molecule has 1 atom stereocenters. The zero-order valence-electron chi connectivity index (χ0n) is 10.5. The molecule has 0 radical (unpaired) electrons. The molecule has 7 heteroatoms. The van der Waals surface area contributed by atoms with Gasteiger partial charge >= 0.3 is 6.18 Å². The molecule has 1 heterocycles. The number of rotatable bonds is 7. The summed E-state index contributed by atoms with van der Waals surface area (Å²) in [6, 6.07) is 0.852. The van der Waals surface area contributed by atoms with Crippen LogP contribution in [0.15, 0.2) is 18.5 Å². The van der Waals surface area contributed by atoms with E-state index in [0.29, 0.717) is 13.2 Å². The minimum atomic E-state index is -4.50. The monoisotopic (exact) mass is 279 g/mol. The van der Waals surface area contributed by atoms with E-state index < -0.39 is 17.8 Å². The lowest BCUT2D eigenvalue weighted by Gasteiger charge is -2.16. The normalized spacial score (nSPS) is 13.5. The molecule has 0 aromatic carbocycles. The highest BCUT2D eigenvalue weighted by Gasteiger charge is 2.34. The summed E-state index contributed by atoms with van der Waals surface area (Å²) in [5, 5.41) is 9.77. The van der Waals surface area contributed by atoms with Crippen LogP contribution in [0.3, 0.4) is 0 Å². The van der Waals surface area contributed by atoms with Crippen LogP contribution in [0, 0.1) is 0 Å². The minimum Gasteiger partial charge on any atom is -0.388 e. The molecular weight excluding hydrogens is 263 g/mol. The largest absolute Gasteiger partial charge is 0.416 e. The van der Waals surface area contributed by atoms with Crippen molar-refractivity contribution in [1.29, 1.82) is 0 Å². The summed E-state index contributed by atoms with van der Waals surface area (Å²) in [4.78, 5) is 3.62. The average molecular weight is 279 g/mol. The van der Waals surface area contributed by atoms with Gasteiger partial charge in [-0.25, -0.2) is 0 Å². The smallest absolute Gasteiger partial charge is 0.388 e. The molecule has 108 valence electrons. The van der Waals surface area contributed by atoms with Crippen LogP contribution < -0.4 is 0 Å². The molecule has 1 rings (SSSR count). The summed E-state index contributed by atoms with van der Waals surface area (Å²) in [6.07, 6.45) is -3.61. The molecule has 0 saturated carbocycles. The van der Waals surface area contributed by atoms with Crippen LogP contribution in [-0.2, 0) is 15.7 Å². The van der Waals surface area contributed by atoms with Crippen LogP contribution >= 0.6 is 0 Å². The molecular formula is C12H16F3NO3. The van der Waals surface area contributed by atoms with Crippen molar-refractivity contribution in [2.75, 3.05) is 26.9 Å². The van der Waals surface area contributed by atoms with Gasteiger partial charge in [0.25, 0.3) is 0 Å². The standard InChI is InChI=1S/C12H16F3NO3/c1-18-6-7-19-5-3-11(17)9-8-16-4-2-10(9)12(13,14)15/h2,4,8,11,17H,3,5-7H2,1H3. The van der Waals surface area contributed by atoms with Crippen LogP contribution in [0.1, 0.15) is 23.7 Å². The zero-order valence-corrected chi connectivity index (χ0v) is 10.5. The topological polar surface area (TPSA) is 51.6 Å². The highest BCUT2D eigenvalue weighted by atomic mass is 19.4. The van der Waals surface area contributed by atoms with Gasteiger partial charge in [-0.05, 0) is 6.07 Å². The molecule has 0 bridgehead atoms. The second-order valence-electron chi connectivity index (χ2n) is 3.87. The molecule has 1 aromatic heterocycles. The Balaban J connectivity index is 2.59. The number of pyridine rings is 1. The molecule has 1 N–H and O–H groups in total. The van der Waals surface area contributed by atoms with Gasteiger partial charge in [0, 0.05) is 38.1 Å². The Morgan fingerprint density at radius 1 is 1.32 bits per heavy atom. The van der Waals surface area contributed by atoms with E-state index in [1.54, 1.807) is 0 Å². The number of methoxy groups -OCH3 is 1. The number of nitrogens with zero attached hydrogens (tertiary/aromatic N) is 1. The van der Waals surface area contributed by atoms with Crippen LogP contribution in [0.2, 0.25) is 0 Å². The number of alkyl halides is 3. The van der Waals surface area contributed by atoms with E-state index in [2.05, 4.69) is 4.98 Å². The van der Waals surface area contributed by atoms with E-state index >= 15 is 0 Å². The van der Waals surface area contributed by atoms with Gasteiger partial charge in [-0.1, -0.05) is 0 Å². The molecule has 0 aliphatic carbocycles. The predicted molar refractivity (Wildman–Crippen MR) is 61.5 cm³/mol. The number of hydrogen-bond donors (Lipinski definition) is 1. The Bertz CT molecular complexity index is 385. The van der Waals surface area contributed by atoms with Crippen molar-refractivity contribution in [3.05, 3.63) is 29.6 Å². The lowest BCUT2D eigenvalue weighted by Crippen LogP contribution is -2.14. The first-order chi connectivity index (χ1) is 8.96. The van der Waals surface area contributed by atoms with E-state index in [0.717, 1.165) is 18.5 Å².